The highest BCUT2D eigenvalue weighted by Crippen LogP contribution is 2.40. The second-order valence-corrected chi connectivity index (χ2v) is 6.69. The van der Waals surface area contributed by atoms with E-state index in [4.69, 9.17) is 10.5 Å². The lowest BCUT2D eigenvalue weighted by Crippen LogP contribution is -2.54. The number of nitrogen functional groups attached to an aromatic ring is 1. The number of halogens is 1. The fourth-order valence-corrected chi connectivity index (χ4v) is 3.20. The SMILES string of the molecule is Nc1nc(=O)n([C@@H]2O[C@H](CO)[C@@H](O)[C@@]2(O)C(=O)c2ccccc2)cc1Br. The Hall–Kier alpha value is -2.11. The van der Waals surface area contributed by atoms with Gasteiger partial charge in [-0.15, -0.1) is 0 Å². The molecule has 0 aliphatic carbocycles. The Morgan fingerprint density at radius 1 is 1.38 bits per heavy atom. The maximum atomic E-state index is 12.9. The number of nitrogens with zero attached hydrogens (tertiary/aromatic N) is 2. The number of nitrogens with two attached hydrogens (primary N) is 1. The fraction of sp³-hybridized carbons (Fsp3) is 0.312. The normalized spacial score (nSPS) is 28.2. The van der Waals surface area contributed by atoms with E-state index in [1.807, 2.05) is 0 Å². The van der Waals surface area contributed by atoms with Gasteiger partial charge < -0.3 is 25.8 Å². The van der Waals surface area contributed by atoms with Gasteiger partial charge in [-0.1, -0.05) is 30.3 Å². The van der Waals surface area contributed by atoms with Crippen LogP contribution >= 0.6 is 15.9 Å². The Balaban J connectivity index is 2.15. The number of rotatable bonds is 4. The number of ketones is 1. The molecule has 5 N–H and O–H groups in total. The van der Waals surface area contributed by atoms with Gasteiger partial charge in [-0.2, -0.15) is 4.98 Å². The van der Waals surface area contributed by atoms with E-state index < -0.39 is 42.1 Å². The summed E-state index contributed by atoms with van der Waals surface area (Å²) in [5.41, 5.74) is 2.26. The summed E-state index contributed by atoms with van der Waals surface area (Å²) in [5.74, 6) is -0.937. The highest BCUT2D eigenvalue weighted by molar-refractivity contribution is 9.10. The number of aliphatic hydroxyl groups excluding tert-OH is 2. The number of aliphatic hydroxyl groups is 3. The molecule has 0 saturated carbocycles. The standard InChI is InChI=1S/C16H16BrN3O6/c17-9-6-20(15(24)19-13(9)18)14-16(25,12(23)10(7-21)26-14)11(22)8-4-2-1-3-5-8/h1-6,10,12,14,21,23,25H,7H2,(H2,18,19,24)/t10-,12-,14-,16+/m1/s1. The molecule has 1 saturated heterocycles. The number of hydrogen-bond acceptors (Lipinski definition) is 8. The highest BCUT2D eigenvalue weighted by Gasteiger charge is 2.61. The number of anilines is 1. The molecule has 4 atom stereocenters. The van der Waals surface area contributed by atoms with Crippen LogP contribution in [0.5, 0.6) is 0 Å². The average Bonchev–Trinajstić information content (AvgIpc) is 2.90. The summed E-state index contributed by atoms with van der Waals surface area (Å²) >= 11 is 3.11. The first-order chi connectivity index (χ1) is 12.3. The molecule has 1 fully saturated rings. The maximum Gasteiger partial charge on any atom is 0.351 e. The Morgan fingerprint density at radius 3 is 2.65 bits per heavy atom. The maximum absolute atomic E-state index is 12.9. The van der Waals surface area contributed by atoms with Crippen LogP contribution in [0.15, 0.2) is 45.8 Å². The third kappa shape index (κ3) is 2.85. The first kappa shape index (κ1) is 18.7. The van der Waals surface area contributed by atoms with Crippen LogP contribution in [0.4, 0.5) is 5.82 Å². The van der Waals surface area contributed by atoms with Crippen LogP contribution in [0.1, 0.15) is 16.6 Å². The lowest BCUT2D eigenvalue weighted by Gasteiger charge is -2.30. The van der Waals surface area contributed by atoms with Gasteiger partial charge in [-0.3, -0.25) is 9.36 Å². The minimum atomic E-state index is -2.52. The first-order valence-corrected chi connectivity index (χ1v) is 8.40. The summed E-state index contributed by atoms with van der Waals surface area (Å²) in [6.45, 7) is -0.666. The third-order valence-corrected chi connectivity index (χ3v) is 4.86. The van der Waals surface area contributed by atoms with Gasteiger partial charge >= 0.3 is 5.69 Å². The van der Waals surface area contributed by atoms with Crippen molar-refractivity contribution in [2.45, 2.75) is 24.0 Å². The highest BCUT2D eigenvalue weighted by atomic mass is 79.9. The summed E-state index contributed by atoms with van der Waals surface area (Å²) in [6.07, 6.45) is -3.46. The molecule has 0 bridgehead atoms. The largest absolute Gasteiger partial charge is 0.394 e. The van der Waals surface area contributed by atoms with E-state index in [1.54, 1.807) is 18.2 Å². The molecule has 0 radical (unpaired) electrons. The van der Waals surface area contributed by atoms with Crippen molar-refractivity contribution < 1.29 is 24.9 Å². The lowest BCUT2D eigenvalue weighted by atomic mass is 9.85. The van der Waals surface area contributed by atoms with Gasteiger partial charge in [0.15, 0.2) is 6.23 Å². The second-order valence-electron chi connectivity index (χ2n) is 5.84. The third-order valence-electron chi connectivity index (χ3n) is 4.25. The average molecular weight is 426 g/mol. The molecule has 138 valence electrons. The quantitative estimate of drug-likeness (QED) is 0.477. The Labute approximate surface area is 155 Å². The van der Waals surface area contributed by atoms with Gasteiger partial charge in [0.1, 0.15) is 18.0 Å². The monoisotopic (exact) mass is 425 g/mol. The molecule has 2 heterocycles. The molecule has 10 heteroatoms. The number of carbonyl (C=O) groups excluding carboxylic acids is 1. The fourth-order valence-electron chi connectivity index (χ4n) is 2.89. The number of carbonyl (C=O) groups is 1. The number of benzene rings is 1. The molecule has 1 aliphatic heterocycles. The predicted molar refractivity (Wildman–Crippen MR) is 93.3 cm³/mol. The molecule has 3 rings (SSSR count). The predicted octanol–water partition coefficient (Wildman–Crippen LogP) is -0.547. The van der Waals surface area contributed by atoms with Crippen LogP contribution in [0.25, 0.3) is 0 Å². The van der Waals surface area contributed by atoms with Gasteiger partial charge in [0, 0.05) is 11.8 Å². The van der Waals surface area contributed by atoms with Crippen LogP contribution in [-0.4, -0.2) is 55.1 Å². The van der Waals surface area contributed by atoms with Crippen molar-refractivity contribution in [3.8, 4) is 0 Å². The molecule has 1 aromatic heterocycles. The topological polar surface area (TPSA) is 148 Å². The van der Waals surface area contributed by atoms with Gasteiger partial charge in [0.05, 0.1) is 11.1 Å². The van der Waals surface area contributed by atoms with Crippen molar-refractivity contribution >= 4 is 27.5 Å². The molecular formula is C16H16BrN3O6. The number of hydrogen-bond donors (Lipinski definition) is 4. The van der Waals surface area contributed by atoms with Crippen molar-refractivity contribution in [3.63, 3.8) is 0 Å². The van der Waals surface area contributed by atoms with Crippen LogP contribution in [0.2, 0.25) is 0 Å². The molecule has 0 unspecified atom stereocenters. The number of ether oxygens (including phenoxy) is 1. The molecule has 1 aromatic carbocycles. The smallest absolute Gasteiger partial charge is 0.351 e. The van der Waals surface area contributed by atoms with Gasteiger partial charge in [-0.05, 0) is 15.9 Å². The first-order valence-electron chi connectivity index (χ1n) is 7.61. The lowest BCUT2D eigenvalue weighted by molar-refractivity contribution is -0.0859. The van der Waals surface area contributed by atoms with Crippen molar-refractivity contribution in [2.75, 3.05) is 12.3 Å². The zero-order chi connectivity index (χ0) is 19.1. The second kappa shape index (κ2) is 6.89. The molecule has 26 heavy (non-hydrogen) atoms. The zero-order valence-corrected chi connectivity index (χ0v) is 14.9. The van der Waals surface area contributed by atoms with Crippen molar-refractivity contribution in [2.24, 2.45) is 0 Å². The Bertz CT molecular complexity index is 889. The van der Waals surface area contributed by atoms with Gasteiger partial charge in [0.2, 0.25) is 11.4 Å². The summed E-state index contributed by atoms with van der Waals surface area (Å²) < 4.78 is 6.51. The summed E-state index contributed by atoms with van der Waals surface area (Å²) in [7, 11) is 0. The van der Waals surface area contributed by atoms with E-state index in [9.17, 15) is 24.9 Å². The molecule has 0 spiro atoms. The summed E-state index contributed by atoms with van der Waals surface area (Å²) in [6, 6.07) is 7.77. The Morgan fingerprint density at radius 2 is 2.04 bits per heavy atom. The van der Waals surface area contributed by atoms with Crippen molar-refractivity contribution in [1.29, 1.82) is 0 Å². The summed E-state index contributed by atoms with van der Waals surface area (Å²) in [5, 5.41) is 31.0. The number of aromatic nitrogens is 2. The van der Waals surface area contributed by atoms with E-state index in [0.717, 1.165) is 4.57 Å². The molecule has 2 aromatic rings. The van der Waals surface area contributed by atoms with Gasteiger partial charge in [0.25, 0.3) is 0 Å². The minimum absolute atomic E-state index is 0.0820. The molecule has 1 aliphatic rings. The molecule has 9 nitrogen and oxygen atoms in total. The Kier molecular flexibility index (Phi) is 4.95. The minimum Gasteiger partial charge on any atom is -0.394 e. The van der Waals surface area contributed by atoms with Crippen LogP contribution in [0, 0.1) is 0 Å². The molecule has 0 amide bonds. The van der Waals surface area contributed by atoms with Crippen LogP contribution < -0.4 is 11.4 Å². The van der Waals surface area contributed by atoms with Crippen molar-refractivity contribution in [1.82, 2.24) is 9.55 Å². The zero-order valence-electron chi connectivity index (χ0n) is 13.3. The van der Waals surface area contributed by atoms with Crippen molar-refractivity contribution in [3.05, 3.63) is 57.0 Å². The molecular weight excluding hydrogens is 410 g/mol. The van der Waals surface area contributed by atoms with E-state index in [1.165, 1.54) is 18.3 Å². The number of Topliss-reactive ketones (excluding diaryl/α,β-unsaturated/α-hetero) is 1. The summed E-state index contributed by atoms with van der Waals surface area (Å²) in [4.78, 5) is 28.8. The van der Waals surface area contributed by atoms with E-state index in [0.29, 0.717) is 0 Å². The van der Waals surface area contributed by atoms with E-state index in [2.05, 4.69) is 20.9 Å². The van der Waals surface area contributed by atoms with E-state index >= 15 is 0 Å². The van der Waals surface area contributed by atoms with E-state index in [-0.39, 0.29) is 15.9 Å². The van der Waals surface area contributed by atoms with Crippen LogP contribution in [0.3, 0.4) is 0 Å². The van der Waals surface area contributed by atoms with Gasteiger partial charge in [-0.25, -0.2) is 4.79 Å². The van der Waals surface area contributed by atoms with Crippen LogP contribution in [-0.2, 0) is 4.74 Å².